The maximum atomic E-state index is 13.7. The van der Waals surface area contributed by atoms with E-state index in [0.717, 1.165) is 5.56 Å². The minimum absolute atomic E-state index is 0.182. The van der Waals surface area contributed by atoms with Crippen molar-refractivity contribution in [1.82, 2.24) is 0 Å². The largest absolute Gasteiger partial charge is 0.292 e. The summed E-state index contributed by atoms with van der Waals surface area (Å²) in [5, 5.41) is 13.6. The Bertz CT molecular complexity index is 1340. The van der Waals surface area contributed by atoms with Crippen molar-refractivity contribution in [1.29, 1.82) is 0 Å². The first-order chi connectivity index (χ1) is 16.0. The van der Waals surface area contributed by atoms with Gasteiger partial charge in [0.15, 0.2) is 10.8 Å². The number of Topliss-reactive ketones (excluding diaryl/α,β-unsaturated/α-hetero) is 1. The van der Waals surface area contributed by atoms with E-state index in [1.54, 1.807) is 29.3 Å². The number of carbonyl (C=O) groups excluding carboxylic acids is 2. The first-order valence-electron chi connectivity index (χ1n) is 10.1. The van der Waals surface area contributed by atoms with Gasteiger partial charge in [-0.05, 0) is 48.2 Å². The number of halogens is 1. The van der Waals surface area contributed by atoms with Crippen LogP contribution in [0.25, 0.3) is 0 Å². The highest BCUT2D eigenvalue weighted by atomic mass is 35.5. The van der Waals surface area contributed by atoms with Crippen LogP contribution in [0.4, 0.5) is 11.4 Å². The lowest BCUT2D eigenvalue weighted by molar-refractivity contribution is -0.114. The number of hydrogen-bond donors (Lipinski definition) is 0. The number of carbonyl (C=O) groups is 2. The second-order valence-electron chi connectivity index (χ2n) is 7.30. The molecule has 2 heterocycles. The molecule has 0 saturated heterocycles. The third kappa shape index (κ3) is 3.97. The second-order valence-corrected chi connectivity index (χ2v) is 8.71. The molecule has 3 aromatic rings. The van der Waals surface area contributed by atoms with Crippen molar-refractivity contribution in [2.45, 2.75) is 6.92 Å². The van der Waals surface area contributed by atoms with Crippen molar-refractivity contribution in [3.8, 4) is 0 Å². The maximum Gasteiger partial charge on any atom is 0.283 e. The van der Waals surface area contributed by atoms with Crippen molar-refractivity contribution < 1.29 is 9.59 Å². The number of benzene rings is 3. The maximum absolute atomic E-state index is 13.7. The van der Waals surface area contributed by atoms with Crippen molar-refractivity contribution >= 4 is 57.2 Å². The molecule has 0 spiro atoms. The standard InChI is InChI=1S/C25H17ClN4O2S/c1-16(31)23-28-30(20-14-12-18(26)13-15-20)25(33-23)21-22(17-8-4-2-5-9-17)27-29(24(21)32)19-10-6-3-7-11-19/h2-15H,1H3/b25-21+. The third-order valence-electron chi connectivity index (χ3n) is 5.05. The molecule has 0 fully saturated rings. The molecular formula is C25H17ClN4O2S. The summed E-state index contributed by atoms with van der Waals surface area (Å²) in [6, 6.07) is 25.8. The molecule has 0 radical (unpaired) electrons. The Morgan fingerprint density at radius 2 is 1.42 bits per heavy atom. The highest BCUT2D eigenvalue weighted by molar-refractivity contribution is 8.19. The van der Waals surface area contributed by atoms with Crippen LogP contribution in [0.2, 0.25) is 5.02 Å². The van der Waals surface area contributed by atoms with Gasteiger partial charge in [0.2, 0.25) is 0 Å². The number of thioether (sulfide) groups is 1. The Morgan fingerprint density at radius 1 is 0.818 bits per heavy atom. The molecule has 33 heavy (non-hydrogen) atoms. The summed E-state index contributed by atoms with van der Waals surface area (Å²) in [4.78, 5) is 25.9. The van der Waals surface area contributed by atoms with Crippen LogP contribution in [-0.2, 0) is 9.59 Å². The molecule has 8 heteroatoms. The molecule has 0 atom stereocenters. The van der Waals surface area contributed by atoms with E-state index >= 15 is 0 Å². The number of hydrogen-bond acceptors (Lipinski definition) is 6. The average molecular weight is 473 g/mol. The van der Waals surface area contributed by atoms with Crippen LogP contribution in [-0.4, -0.2) is 22.4 Å². The van der Waals surface area contributed by atoms with Gasteiger partial charge in [-0.25, -0.2) is 5.01 Å². The molecule has 1 amide bonds. The predicted octanol–water partition coefficient (Wildman–Crippen LogP) is 5.46. The summed E-state index contributed by atoms with van der Waals surface area (Å²) in [6.07, 6.45) is 0. The third-order valence-corrected chi connectivity index (χ3v) is 6.44. The second kappa shape index (κ2) is 8.69. The van der Waals surface area contributed by atoms with Gasteiger partial charge in [0.05, 0.1) is 11.4 Å². The zero-order valence-electron chi connectivity index (χ0n) is 17.5. The molecule has 3 aromatic carbocycles. The van der Waals surface area contributed by atoms with Gasteiger partial charge < -0.3 is 0 Å². The van der Waals surface area contributed by atoms with E-state index in [-0.39, 0.29) is 11.7 Å². The number of anilines is 2. The van der Waals surface area contributed by atoms with Crippen LogP contribution in [0.5, 0.6) is 0 Å². The monoisotopic (exact) mass is 472 g/mol. The van der Waals surface area contributed by atoms with Gasteiger partial charge in [0, 0.05) is 17.5 Å². The number of para-hydroxylation sites is 1. The number of hydrazone groups is 2. The van der Waals surface area contributed by atoms with Gasteiger partial charge in [-0.15, -0.1) is 0 Å². The lowest BCUT2D eigenvalue weighted by atomic mass is 10.0. The topological polar surface area (TPSA) is 65.3 Å². The van der Waals surface area contributed by atoms with E-state index in [1.165, 1.54) is 23.7 Å². The minimum Gasteiger partial charge on any atom is -0.292 e. The quantitative estimate of drug-likeness (QED) is 0.473. The van der Waals surface area contributed by atoms with Gasteiger partial charge in [-0.3, -0.25) is 9.59 Å². The molecular weight excluding hydrogens is 456 g/mol. The number of amides is 1. The van der Waals surface area contributed by atoms with Crippen LogP contribution in [0.15, 0.2) is 106 Å². The van der Waals surface area contributed by atoms with E-state index in [2.05, 4.69) is 5.10 Å². The van der Waals surface area contributed by atoms with Gasteiger partial charge in [0.1, 0.15) is 16.3 Å². The molecule has 162 valence electrons. The van der Waals surface area contributed by atoms with Crippen molar-refractivity contribution in [3.63, 3.8) is 0 Å². The van der Waals surface area contributed by atoms with Crippen molar-refractivity contribution in [3.05, 3.63) is 106 Å². The van der Waals surface area contributed by atoms with Crippen molar-refractivity contribution in [2.75, 3.05) is 10.0 Å². The molecule has 0 aromatic heterocycles. The summed E-state index contributed by atoms with van der Waals surface area (Å²) in [7, 11) is 0. The smallest absolute Gasteiger partial charge is 0.283 e. The summed E-state index contributed by atoms with van der Waals surface area (Å²) in [6.45, 7) is 1.46. The molecule has 0 unspecified atom stereocenters. The Hall–Kier alpha value is -3.68. The van der Waals surface area contributed by atoms with Crippen LogP contribution >= 0.6 is 23.4 Å². The fourth-order valence-corrected chi connectivity index (χ4v) is 4.58. The molecule has 5 rings (SSSR count). The Morgan fingerprint density at radius 3 is 2.06 bits per heavy atom. The zero-order valence-corrected chi connectivity index (χ0v) is 19.0. The predicted molar refractivity (Wildman–Crippen MR) is 134 cm³/mol. The summed E-state index contributed by atoms with van der Waals surface area (Å²) < 4.78 is 0. The van der Waals surface area contributed by atoms with E-state index in [9.17, 15) is 9.59 Å². The van der Waals surface area contributed by atoms with E-state index < -0.39 is 0 Å². The van der Waals surface area contributed by atoms with E-state index in [0.29, 0.717) is 37.8 Å². The fraction of sp³-hybridized carbons (Fsp3) is 0.0400. The summed E-state index contributed by atoms with van der Waals surface area (Å²) in [5.74, 6) is -0.473. The van der Waals surface area contributed by atoms with Crippen LogP contribution in [0.1, 0.15) is 12.5 Å². The number of rotatable bonds is 4. The lowest BCUT2D eigenvalue weighted by Crippen LogP contribution is -2.24. The molecule has 2 aliphatic heterocycles. The van der Waals surface area contributed by atoms with Gasteiger partial charge >= 0.3 is 0 Å². The Kier molecular flexibility index (Phi) is 5.58. The number of nitrogens with zero attached hydrogens (tertiary/aromatic N) is 4. The van der Waals surface area contributed by atoms with Gasteiger partial charge in [0.25, 0.3) is 5.91 Å². The lowest BCUT2D eigenvalue weighted by Gasteiger charge is -2.18. The van der Waals surface area contributed by atoms with Crippen LogP contribution in [0, 0.1) is 0 Å². The molecule has 6 nitrogen and oxygen atoms in total. The zero-order chi connectivity index (χ0) is 22.9. The fourth-order valence-electron chi connectivity index (χ4n) is 3.49. The van der Waals surface area contributed by atoms with E-state index in [4.69, 9.17) is 16.7 Å². The first-order valence-corrected chi connectivity index (χ1v) is 11.3. The minimum atomic E-state index is -0.290. The Labute approximate surface area is 199 Å². The number of ketones is 1. The molecule has 0 saturated carbocycles. The van der Waals surface area contributed by atoms with Crippen LogP contribution in [0.3, 0.4) is 0 Å². The molecule has 0 N–H and O–H groups in total. The normalized spacial score (nSPS) is 17.9. The van der Waals surface area contributed by atoms with Gasteiger partial charge in [-0.2, -0.15) is 15.2 Å². The highest BCUT2D eigenvalue weighted by Crippen LogP contribution is 2.40. The average Bonchev–Trinajstić information content (AvgIpc) is 3.42. The molecule has 0 bridgehead atoms. The molecule has 2 aliphatic rings. The summed E-state index contributed by atoms with van der Waals surface area (Å²) >= 11 is 7.24. The van der Waals surface area contributed by atoms with E-state index in [1.807, 2.05) is 60.7 Å². The first kappa shape index (κ1) is 21.2. The van der Waals surface area contributed by atoms with Crippen LogP contribution < -0.4 is 10.0 Å². The summed E-state index contributed by atoms with van der Waals surface area (Å²) in [5.41, 5.74) is 3.03. The van der Waals surface area contributed by atoms with Gasteiger partial charge in [-0.1, -0.05) is 60.1 Å². The SMILES string of the molecule is CC(=O)C1=NN(c2ccc(Cl)cc2)/C(=C2\C(=O)N(c3ccccc3)N=C2c2ccccc2)S1. The Balaban J connectivity index is 1.70. The van der Waals surface area contributed by atoms with Crippen molar-refractivity contribution in [2.24, 2.45) is 10.2 Å². The highest BCUT2D eigenvalue weighted by Gasteiger charge is 2.40. The molecule has 0 aliphatic carbocycles.